The van der Waals surface area contributed by atoms with Gasteiger partial charge in [0.25, 0.3) is 15.9 Å². The van der Waals surface area contributed by atoms with Crippen LogP contribution < -0.4 is 15.4 Å². The molecule has 6 nitrogen and oxygen atoms in total. The van der Waals surface area contributed by atoms with Crippen LogP contribution in [-0.2, 0) is 10.0 Å². The van der Waals surface area contributed by atoms with Gasteiger partial charge in [0.2, 0.25) is 0 Å². The van der Waals surface area contributed by atoms with Crippen LogP contribution in [0.15, 0.2) is 53.4 Å². The summed E-state index contributed by atoms with van der Waals surface area (Å²) in [7, 11) is -3.76. The van der Waals surface area contributed by atoms with Crippen molar-refractivity contribution < 1.29 is 13.2 Å². The van der Waals surface area contributed by atoms with Crippen LogP contribution in [0.25, 0.3) is 0 Å². The zero-order chi connectivity index (χ0) is 19.0. The number of hydrogen-bond donors (Lipinski definition) is 3. The summed E-state index contributed by atoms with van der Waals surface area (Å²) in [6.07, 6.45) is 1.03. The van der Waals surface area contributed by atoms with Gasteiger partial charge in [-0.3, -0.25) is 9.52 Å². The first-order valence-corrected chi connectivity index (χ1v) is 10.1. The lowest BCUT2D eigenvalue weighted by Gasteiger charge is -2.13. The van der Waals surface area contributed by atoms with E-state index in [1.807, 2.05) is 6.92 Å². The van der Waals surface area contributed by atoms with Crippen molar-refractivity contribution in [3.8, 4) is 0 Å². The third kappa shape index (κ3) is 5.57. The number of anilines is 1. The van der Waals surface area contributed by atoms with Crippen molar-refractivity contribution in [2.24, 2.45) is 0 Å². The van der Waals surface area contributed by atoms with E-state index in [-0.39, 0.29) is 16.5 Å². The summed E-state index contributed by atoms with van der Waals surface area (Å²) in [4.78, 5) is 12.5. The Morgan fingerprint density at radius 3 is 2.35 bits per heavy atom. The molecule has 3 N–H and O–H groups in total. The van der Waals surface area contributed by atoms with Crippen LogP contribution in [0.1, 0.15) is 29.3 Å². The van der Waals surface area contributed by atoms with E-state index in [2.05, 4.69) is 22.3 Å². The van der Waals surface area contributed by atoms with Crippen LogP contribution in [0.5, 0.6) is 0 Å². The van der Waals surface area contributed by atoms with Crippen molar-refractivity contribution in [3.63, 3.8) is 0 Å². The molecule has 0 heterocycles. The highest BCUT2D eigenvalue weighted by molar-refractivity contribution is 7.92. The lowest BCUT2D eigenvalue weighted by Crippen LogP contribution is -2.32. The van der Waals surface area contributed by atoms with Gasteiger partial charge in [0.05, 0.1) is 16.1 Å². The molecule has 0 atom stereocenters. The number of carbonyl (C=O) groups excluding carboxylic acids is 1. The number of amides is 1. The SMILES string of the molecule is CCCNCCNC(=O)c1ccccc1NS(=O)(=O)c1ccc(C)cc1. The fourth-order valence-electron chi connectivity index (χ4n) is 2.35. The van der Waals surface area contributed by atoms with Gasteiger partial charge in [0.1, 0.15) is 0 Å². The molecular weight excluding hydrogens is 350 g/mol. The van der Waals surface area contributed by atoms with Crippen molar-refractivity contribution in [1.29, 1.82) is 0 Å². The quantitative estimate of drug-likeness (QED) is 0.588. The normalized spacial score (nSPS) is 11.2. The molecule has 0 unspecified atom stereocenters. The van der Waals surface area contributed by atoms with Gasteiger partial charge in [-0.05, 0) is 44.2 Å². The van der Waals surface area contributed by atoms with Gasteiger partial charge in [-0.15, -0.1) is 0 Å². The van der Waals surface area contributed by atoms with Gasteiger partial charge in [0, 0.05) is 13.1 Å². The summed E-state index contributed by atoms with van der Waals surface area (Å²) in [5.74, 6) is -0.314. The number of aryl methyl sites for hydroxylation is 1. The maximum Gasteiger partial charge on any atom is 0.261 e. The van der Waals surface area contributed by atoms with E-state index < -0.39 is 10.0 Å². The van der Waals surface area contributed by atoms with Gasteiger partial charge in [-0.2, -0.15) is 0 Å². The molecule has 0 saturated heterocycles. The third-order valence-electron chi connectivity index (χ3n) is 3.76. The van der Waals surface area contributed by atoms with Crippen LogP contribution in [0.3, 0.4) is 0 Å². The van der Waals surface area contributed by atoms with E-state index in [9.17, 15) is 13.2 Å². The number of nitrogens with one attached hydrogen (secondary N) is 3. The molecular formula is C19H25N3O3S. The average molecular weight is 375 g/mol. The molecule has 7 heteroatoms. The zero-order valence-electron chi connectivity index (χ0n) is 15.1. The molecule has 0 radical (unpaired) electrons. The first-order chi connectivity index (χ1) is 12.4. The average Bonchev–Trinajstić information content (AvgIpc) is 2.62. The van der Waals surface area contributed by atoms with Crippen LogP contribution in [0.4, 0.5) is 5.69 Å². The molecule has 26 heavy (non-hydrogen) atoms. The number of para-hydroxylation sites is 1. The summed E-state index contributed by atoms with van der Waals surface area (Å²) in [5.41, 5.74) is 1.52. The van der Waals surface area contributed by atoms with Gasteiger partial charge in [0.15, 0.2) is 0 Å². The molecule has 0 aliphatic heterocycles. The van der Waals surface area contributed by atoms with E-state index in [0.29, 0.717) is 18.7 Å². The van der Waals surface area contributed by atoms with Gasteiger partial charge < -0.3 is 10.6 Å². The molecule has 0 aliphatic rings. The molecule has 0 aromatic heterocycles. The van der Waals surface area contributed by atoms with E-state index in [4.69, 9.17) is 0 Å². The highest BCUT2D eigenvalue weighted by atomic mass is 32.2. The summed E-state index contributed by atoms with van der Waals surface area (Å²) in [5, 5.41) is 5.99. The first-order valence-electron chi connectivity index (χ1n) is 8.61. The lowest BCUT2D eigenvalue weighted by atomic mass is 10.1. The molecule has 0 bridgehead atoms. The largest absolute Gasteiger partial charge is 0.351 e. The predicted octanol–water partition coefficient (Wildman–Crippen LogP) is 2.53. The van der Waals surface area contributed by atoms with Gasteiger partial charge in [-0.1, -0.05) is 36.8 Å². The van der Waals surface area contributed by atoms with Gasteiger partial charge >= 0.3 is 0 Å². The van der Waals surface area contributed by atoms with Crippen molar-refractivity contribution in [2.75, 3.05) is 24.4 Å². The molecule has 2 aromatic rings. The highest BCUT2D eigenvalue weighted by Crippen LogP contribution is 2.20. The standard InChI is InChI=1S/C19H25N3O3S/c1-3-12-20-13-14-21-19(23)17-6-4-5-7-18(17)22-26(24,25)16-10-8-15(2)9-11-16/h4-11,20,22H,3,12-14H2,1-2H3,(H,21,23). The summed E-state index contributed by atoms with van der Waals surface area (Å²) >= 11 is 0. The third-order valence-corrected chi connectivity index (χ3v) is 5.14. The minimum absolute atomic E-state index is 0.155. The minimum Gasteiger partial charge on any atom is -0.351 e. The number of sulfonamides is 1. The second-order valence-corrected chi connectivity index (χ2v) is 7.65. The summed E-state index contributed by atoms with van der Waals surface area (Å²) in [6, 6.07) is 13.1. The Hall–Kier alpha value is -2.38. The number of benzene rings is 2. The molecule has 140 valence electrons. The maximum absolute atomic E-state index is 12.6. The van der Waals surface area contributed by atoms with E-state index in [1.165, 1.54) is 0 Å². The predicted molar refractivity (Wildman–Crippen MR) is 104 cm³/mol. The van der Waals surface area contributed by atoms with Crippen LogP contribution in [-0.4, -0.2) is 34.0 Å². The Labute approximate surface area is 155 Å². The molecule has 1 amide bonds. The molecule has 2 rings (SSSR count). The first kappa shape index (κ1) is 19.9. The van der Waals surface area contributed by atoms with Crippen molar-refractivity contribution in [3.05, 3.63) is 59.7 Å². The fraction of sp³-hybridized carbons (Fsp3) is 0.316. The number of hydrogen-bond acceptors (Lipinski definition) is 4. The number of carbonyl (C=O) groups is 1. The maximum atomic E-state index is 12.6. The Kier molecular flexibility index (Phi) is 7.17. The zero-order valence-corrected chi connectivity index (χ0v) is 15.9. The topological polar surface area (TPSA) is 87.3 Å². The molecule has 0 saturated carbocycles. The highest BCUT2D eigenvalue weighted by Gasteiger charge is 2.18. The Bertz CT molecular complexity index is 833. The fourth-order valence-corrected chi connectivity index (χ4v) is 3.43. The monoisotopic (exact) mass is 375 g/mol. The minimum atomic E-state index is -3.76. The van der Waals surface area contributed by atoms with E-state index >= 15 is 0 Å². The molecule has 0 spiro atoms. The Balaban J connectivity index is 2.10. The van der Waals surface area contributed by atoms with Crippen molar-refractivity contribution >= 4 is 21.6 Å². The van der Waals surface area contributed by atoms with Crippen LogP contribution in [0.2, 0.25) is 0 Å². The van der Waals surface area contributed by atoms with Crippen LogP contribution in [0, 0.1) is 6.92 Å². The van der Waals surface area contributed by atoms with E-state index in [0.717, 1.165) is 18.5 Å². The van der Waals surface area contributed by atoms with E-state index in [1.54, 1.807) is 48.5 Å². The Morgan fingerprint density at radius 2 is 1.65 bits per heavy atom. The van der Waals surface area contributed by atoms with Gasteiger partial charge in [-0.25, -0.2) is 8.42 Å². The van der Waals surface area contributed by atoms with Crippen molar-refractivity contribution in [2.45, 2.75) is 25.2 Å². The lowest BCUT2D eigenvalue weighted by molar-refractivity contribution is 0.0955. The summed E-state index contributed by atoms with van der Waals surface area (Å²) in [6.45, 7) is 5.98. The second kappa shape index (κ2) is 9.35. The summed E-state index contributed by atoms with van der Waals surface area (Å²) < 4.78 is 27.6. The smallest absolute Gasteiger partial charge is 0.261 e. The van der Waals surface area contributed by atoms with Crippen molar-refractivity contribution in [1.82, 2.24) is 10.6 Å². The molecule has 0 fully saturated rings. The van der Waals surface area contributed by atoms with Crippen LogP contribution >= 0.6 is 0 Å². The second-order valence-electron chi connectivity index (χ2n) is 5.97. The Morgan fingerprint density at radius 1 is 0.962 bits per heavy atom. The number of rotatable bonds is 9. The molecule has 2 aromatic carbocycles. The molecule has 0 aliphatic carbocycles.